The number of nitrogens with zero attached hydrogens (tertiary/aromatic N) is 1. The van der Waals surface area contributed by atoms with Crippen molar-refractivity contribution < 1.29 is 9.90 Å². The molecule has 2 aromatic carbocycles. The Morgan fingerprint density at radius 3 is 2.56 bits per heavy atom. The fourth-order valence-electron chi connectivity index (χ4n) is 3.27. The van der Waals surface area contributed by atoms with Crippen LogP contribution in [0.5, 0.6) is 0 Å². The lowest BCUT2D eigenvalue weighted by Crippen LogP contribution is -2.35. The van der Waals surface area contributed by atoms with Crippen LogP contribution in [0.25, 0.3) is 0 Å². The molecule has 1 heterocycles. The summed E-state index contributed by atoms with van der Waals surface area (Å²) in [4.78, 5) is 14.7. The first kappa shape index (κ1) is 17.6. The summed E-state index contributed by atoms with van der Waals surface area (Å²) in [6, 6.07) is 15.9. The number of hydrogen-bond donors (Lipinski definition) is 2. The quantitative estimate of drug-likeness (QED) is 0.881. The summed E-state index contributed by atoms with van der Waals surface area (Å²) in [5.41, 5.74) is 4.17. The molecule has 2 N–H and O–H groups in total. The van der Waals surface area contributed by atoms with Crippen molar-refractivity contribution in [1.29, 1.82) is 0 Å². The van der Waals surface area contributed by atoms with Crippen molar-refractivity contribution in [2.45, 2.75) is 39.0 Å². The lowest BCUT2D eigenvalue weighted by Gasteiger charge is -2.30. The van der Waals surface area contributed by atoms with Gasteiger partial charge in [0.2, 0.25) is 0 Å². The van der Waals surface area contributed by atoms with E-state index in [4.69, 9.17) is 0 Å². The first-order chi connectivity index (χ1) is 12.1. The largest absolute Gasteiger partial charge is 0.393 e. The standard InChI is InChI=1S/C21H26N2O2/c1-16-5-4-8-17(13-16)21(25)22-14-18-6-2-3-7-19(18)15-23-11-9-20(24)10-12-23/h2-8,13,20,24H,9-12,14-15H2,1H3,(H,22,25). The van der Waals surface area contributed by atoms with Crippen molar-refractivity contribution in [3.63, 3.8) is 0 Å². The monoisotopic (exact) mass is 338 g/mol. The third-order valence-corrected chi connectivity index (χ3v) is 4.79. The normalized spacial score (nSPS) is 15.9. The molecule has 0 aliphatic carbocycles. The van der Waals surface area contributed by atoms with Gasteiger partial charge in [-0.3, -0.25) is 9.69 Å². The van der Waals surface area contributed by atoms with Gasteiger partial charge in [0.05, 0.1) is 6.10 Å². The van der Waals surface area contributed by atoms with E-state index in [9.17, 15) is 9.90 Å². The molecule has 0 aromatic heterocycles. The third kappa shape index (κ3) is 4.91. The van der Waals surface area contributed by atoms with Crippen LogP contribution in [-0.2, 0) is 13.1 Å². The highest BCUT2D eigenvalue weighted by Crippen LogP contribution is 2.16. The van der Waals surface area contributed by atoms with E-state index in [1.54, 1.807) is 0 Å². The smallest absolute Gasteiger partial charge is 0.251 e. The Balaban J connectivity index is 1.62. The summed E-state index contributed by atoms with van der Waals surface area (Å²) >= 11 is 0. The number of amides is 1. The number of rotatable bonds is 5. The molecule has 0 saturated carbocycles. The fourth-order valence-corrected chi connectivity index (χ4v) is 3.27. The lowest BCUT2D eigenvalue weighted by atomic mass is 10.0. The van der Waals surface area contributed by atoms with Crippen molar-refractivity contribution in [3.05, 3.63) is 70.8 Å². The summed E-state index contributed by atoms with van der Waals surface area (Å²) in [6.45, 7) is 5.22. The van der Waals surface area contributed by atoms with E-state index >= 15 is 0 Å². The molecule has 1 amide bonds. The van der Waals surface area contributed by atoms with Crippen LogP contribution < -0.4 is 5.32 Å². The number of benzene rings is 2. The van der Waals surface area contributed by atoms with E-state index in [0.717, 1.165) is 43.6 Å². The highest BCUT2D eigenvalue weighted by Gasteiger charge is 2.18. The van der Waals surface area contributed by atoms with E-state index in [1.165, 1.54) is 5.56 Å². The Labute approximate surface area is 149 Å². The molecule has 25 heavy (non-hydrogen) atoms. The average Bonchev–Trinajstić information content (AvgIpc) is 2.62. The van der Waals surface area contributed by atoms with Gasteiger partial charge in [-0.05, 0) is 43.0 Å². The highest BCUT2D eigenvalue weighted by molar-refractivity contribution is 5.94. The number of hydrogen-bond acceptors (Lipinski definition) is 3. The number of carbonyl (C=O) groups excluding carboxylic acids is 1. The number of aliphatic hydroxyl groups excluding tert-OH is 1. The van der Waals surface area contributed by atoms with E-state index in [-0.39, 0.29) is 12.0 Å². The van der Waals surface area contributed by atoms with Crippen molar-refractivity contribution in [1.82, 2.24) is 10.2 Å². The lowest BCUT2D eigenvalue weighted by molar-refractivity contribution is 0.0790. The van der Waals surface area contributed by atoms with E-state index in [1.807, 2.05) is 43.3 Å². The Hall–Kier alpha value is -2.17. The minimum Gasteiger partial charge on any atom is -0.393 e. The maximum atomic E-state index is 12.4. The Morgan fingerprint density at radius 2 is 1.84 bits per heavy atom. The summed E-state index contributed by atoms with van der Waals surface area (Å²) in [6.07, 6.45) is 1.53. The predicted molar refractivity (Wildman–Crippen MR) is 99.3 cm³/mol. The number of piperidine rings is 1. The third-order valence-electron chi connectivity index (χ3n) is 4.79. The van der Waals surface area contributed by atoms with Gasteiger partial charge >= 0.3 is 0 Å². The average molecular weight is 338 g/mol. The van der Waals surface area contributed by atoms with Crippen LogP contribution >= 0.6 is 0 Å². The predicted octanol–water partition coefficient (Wildman–Crippen LogP) is 2.88. The molecule has 0 atom stereocenters. The molecule has 3 rings (SSSR count). The number of aliphatic hydroxyl groups is 1. The van der Waals surface area contributed by atoms with Crippen LogP contribution in [0, 0.1) is 6.92 Å². The van der Waals surface area contributed by atoms with Gasteiger partial charge in [0.25, 0.3) is 5.91 Å². The maximum absolute atomic E-state index is 12.4. The van der Waals surface area contributed by atoms with Crippen LogP contribution in [0.4, 0.5) is 0 Å². The number of aryl methyl sites for hydroxylation is 1. The van der Waals surface area contributed by atoms with Crippen LogP contribution in [0.2, 0.25) is 0 Å². The minimum atomic E-state index is -0.153. The van der Waals surface area contributed by atoms with Crippen LogP contribution in [0.3, 0.4) is 0 Å². The molecule has 1 aliphatic heterocycles. The zero-order valence-corrected chi connectivity index (χ0v) is 14.7. The van der Waals surface area contributed by atoms with Gasteiger partial charge in [-0.1, -0.05) is 42.0 Å². The van der Waals surface area contributed by atoms with Crippen molar-refractivity contribution in [2.24, 2.45) is 0 Å². The zero-order valence-electron chi connectivity index (χ0n) is 14.7. The summed E-state index contributed by atoms with van der Waals surface area (Å²) in [5.74, 6) is -0.0420. The topological polar surface area (TPSA) is 52.6 Å². The Morgan fingerprint density at radius 1 is 1.12 bits per heavy atom. The molecule has 4 nitrogen and oxygen atoms in total. The first-order valence-electron chi connectivity index (χ1n) is 8.94. The second-order valence-corrected chi connectivity index (χ2v) is 6.83. The molecule has 0 radical (unpaired) electrons. The Kier molecular flexibility index (Phi) is 5.84. The number of likely N-dealkylation sites (tertiary alicyclic amines) is 1. The van der Waals surface area contributed by atoms with Gasteiger partial charge in [-0.25, -0.2) is 0 Å². The zero-order chi connectivity index (χ0) is 17.6. The molecular weight excluding hydrogens is 312 g/mol. The van der Waals surface area contributed by atoms with E-state index in [0.29, 0.717) is 12.1 Å². The molecule has 2 aromatic rings. The number of nitrogens with one attached hydrogen (secondary N) is 1. The summed E-state index contributed by atoms with van der Waals surface area (Å²) < 4.78 is 0. The maximum Gasteiger partial charge on any atom is 0.251 e. The molecule has 1 saturated heterocycles. The fraction of sp³-hybridized carbons (Fsp3) is 0.381. The number of carbonyl (C=O) groups is 1. The van der Waals surface area contributed by atoms with Gasteiger partial charge in [0, 0.05) is 31.7 Å². The molecule has 1 fully saturated rings. The summed E-state index contributed by atoms with van der Waals surface area (Å²) in [7, 11) is 0. The van der Waals surface area contributed by atoms with Crippen LogP contribution in [0.1, 0.15) is 39.9 Å². The van der Waals surface area contributed by atoms with E-state index in [2.05, 4.69) is 22.3 Å². The molecule has 1 aliphatic rings. The van der Waals surface area contributed by atoms with Crippen molar-refractivity contribution in [3.8, 4) is 0 Å². The molecule has 0 bridgehead atoms. The van der Waals surface area contributed by atoms with Gasteiger partial charge in [-0.15, -0.1) is 0 Å². The van der Waals surface area contributed by atoms with Crippen molar-refractivity contribution >= 4 is 5.91 Å². The SMILES string of the molecule is Cc1cccc(C(=O)NCc2ccccc2CN2CCC(O)CC2)c1. The highest BCUT2D eigenvalue weighted by atomic mass is 16.3. The molecular formula is C21H26N2O2. The second-order valence-electron chi connectivity index (χ2n) is 6.83. The molecule has 0 unspecified atom stereocenters. The van der Waals surface area contributed by atoms with Crippen LogP contribution in [0.15, 0.2) is 48.5 Å². The van der Waals surface area contributed by atoms with Gasteiger partial charge < -0.3 is 10.4 Å². The van der Waals surface area contributed by atoms with E-state index < -0.39 is 0 Å². The molecule has 132 valence electrons. The van der Waals surface area contributed by atoms with Gasteiger partial charge in [0.1, 0.15) is 0 Å². The molecule has 0 spiro atoms. The van der Waals surface area contributed by atoms with Gasteiger partial charge in [-0.2, -0.15) is 0 Å². The first-order valence-corrected chi connectivity index (χ1v) is 8.94. The minimum absolute atomic E-state index is 0.0420. The van der Waals surface area contributed by atoms with Gasteiger partial charge in [0.15, 0.2) is 0 Å². The Bertz CT molecular complexity index is 721. The molecule has 4 heteroatoms. The van der Waals surface area contributed by atoms with Crippen molar-refractivity contribution in [2.75, 3.05) is 13.1 Å². The summed E-state index contributed by atoms with van der Waals surface area (Å²) in [5, 5.41) is 12.7. The second kappa shape index (κ2) is 8.28. The van der Waals surface area contributed by atoms with Crippen LogP contribution in [-0.4, -0.2) is 35.1 Å².